The van der Waals surface area contributed by atoms with Gasteiger partial charge in [-0.15, -0.1) is 22.7 Å². The van der Waals surface area contributed by atoms with Crippen LogP contribution in [0.5, 0.6) is 0 Å². The number of carboxylic acids is 1. The SMILES string of the molecule is O=C(O)C(F)(F)F.c1csc(-c2nc(CNC3CCc4n[nH]nc4C3)cs2)c1. The van der Waals surface area contributed by atoms with E-state index >= 15 is 0 Å². The highest BCUT2D eigenvalue weighted by atomic mass is 32.1. The van der Waals surface area contributed by atoms with Crippen molar-refractivity contribution in [1.29, 1.82) is 0 Å². The Morgan fingerprint density at radius 3 is 2.75 bits per heavy atom. The molecular formula is C16H16F3N5O2S2. The van der Waals surface area contributed by atoms with Gasteiger partial charge in [0.2, 0.25) is 0 Å². The first-order chi connectivity index (χ1) is 13.3. The Morgan fingerprint density at radius 1 is 1.32 bits per heavy atom. The number of carboxylic acid groups (broad SMARTS) is 1. The molecule has 28 heavy (non-hydrogen) atoms. The summed E-state index contributed by atoms with van der Waals surface area (Å²) in [6, 6.07) is 4.65. The number of alkyl halides is 3. The molecule has 0 aromatic carbocycles. The predicted octanol–water partition coefficient (Wildman–Crippen LogP) is 3.27. The van der Waals surface area contributed by atoms with E-state index in [4.69, 9.17) is 14.9 Å². The second kappa shape index (κ2) is 8.80. The van der Waals surface area contributed by atoms with Crippen LogP contribution in [0.2, 0.25) is 0 Å². The summed E-state index contributed by atoms with van der Waals surface area (Å²) in [5.74, 6) is -2.76. The summed E-state index contributed by atoms with van der Waals surface area (Å²) in [6.45, 7) is 0.819. The van der Waals surface area contributed by atoms with Gasteiger partial charge >= 0.3 is 12.1 Å². The van der Waals surface area contributed by atoms with Gasteiger partial charge in [-0.3, -0.25) is 0 Å². The zero-order valence-corrected chi connectivity index (χ0v) is 16.0. The summed E-state index contributed by atoms with van der Waals surface area (Å²) in [7, 11) is 0. The van der Waals surface area contributed by atoms with Crippen molar-refractivity contribution in [3.05, 3.63) is 40.0 Å². The minimum Gasteiger partial charge on any atom is -0.475 e. The van der Waals surface area contributed by atoms with E-state index in [2.05, 4.69) is 43.6 Å². The van der Waals surface area contributed by atoms with Gasteiger partial charge in [0, 0.05) is 24.4 Å². The van der Waals surface area contributed by atoms with Crippen LogP contribution in [0.1, 0.15) is 23.5 Å². The van der Waals surface area contributed by atoms with E-state index in [0.29, 0.717) is 6.04 Å². The normalized spacial score (nSPS) is 16.2. The first-order valence-corrected chi connectivity index (χ1v) is 9.99. The molecular weight excluding hydrogens is 415 g/mol. The van der Waals surface area contributed by atoms with E-state index in [1.165, 1.54) is 4.88 Å². The van der Waals surface area contributed by atoms with Gasteiger partial charge in [0.25, 0.3) is 0 Å². The standard InChI is InChI=1S/C14H15N5S2.C2HF3O2/c1-2-13(20-5-1)14-16-10(8-21-14)7-15-9-3-4-11-12(6-9)18-19-17-11;3-2(4,5)1(6)7/h1-2,5,8-9,15H,3-4,6-7H2,(H,17,18,19);(H,6,7). The van der Waals surface area contributed by atoms with Crippen molar-refractivity contribution in [2.75, 3.05) is 0 Å². The topological polar surface area (TPSA) is 104 Å². The number of fused-ring (bicyclic) bond motifs is 1. The summed E-state index contributed by atoms with van der Waals surface area (Å²) in [5.41, 5.74) is 3.35. The summed E-state index contributed by atoms with van der Waals surface area (Å²) < 4.78 is 31.7. The number of carbonyl (C=O) groups is 1. The van der Waals surface area contributed by atoms with Crippen LogP contribution in [-0.4, -0.2) is 43.7 Å². The number of aliphatic carboxylic acids is 1. The molecule has 0 fully saturated rings. The van der Waals surface area contributed by atoms with Crippen molar-refractivity contribution in [2.24, 2.45) is 0 Å². The fraction of sp³-hybridized carbons (Fsp3) is 0.375. The number of hydrogen-bond donors (Lipinski definition) is 3. The van der Waals surface area contributed by atoms with Gasteiger partial charge in [-0.05, 0) is 24.3 Å². The lowest BCUT2D eigenvalue weighted by Gasteiger charge is -2.21. The van der Waals surface area contributed by atoms with Crippen LogP contribution in [0.15, 0.2) is 22.9 Å². The summed E-state index contributed by atoms with van der Waals surface area (Å²) in [6.07, 6.45) is -2.02. The van der Waals surface area contributed by atoms with Crippen molar-refractivity contribution in [2.45, 2.75) is 38.0 Å². The van der Waals surface area contributed by atoms with Crippen LogP contribution < -0.4 is 5.32 Å². The van der Waals surface area contributed by atoms with Crippen LogP contribution in [0.3, 0.4) is 0 Å². The Kier molecular flexibility index (Phi) is 6.42. The fourth-order valence-corrected chi connectivity index (χ4v) is 4.24. The van der Waals surface area contributed by atoms with Crippen molar-refractivity contribution in [1.82, 2.24) is 25.7 Å². The highest BCUT2D eigenvalue weighted by molar-refractivity contribution is 7.20. The Balaban J connectivity index is 0.000000279. The molecule has 1 atom stereocenters. The highest BCUT2D eigenvalue weighted by Gasteiger charge is 2.38. The molecule has 1 aliphatic rings. The number of thiophene rings is 1. The number of rotatable bonds is 4. The Bertz CT molecular complexity index is 908. The van der Waals surface area contributed by atoms with E-state index in [1.54, 1.807) is 22.7 Å². The number of thiazole rings is 1. The monoisotopic (exact) mass is 431 g/mol. The number of H-pyrrole nitrogens is 1. The number of aromatic nitrogens is 4. The number of nitrogens with zero attached hydrogens (tertiary/aromatic N) is 3. The average molecular weight is 431 g/mol. The Labute approximate surface area is 165 Å². The molecule has 12 heteroatoms. The van der Waals surface area contributed by atoms with Crippen LogP contribution in [0.4, 0.5) is 13.2 Å². The van der Waals surface area contributed by atoms with Gasteiger partial charge in [-0.2, -0.15) is 28.6 Å². The maximum absolute atomic E-state index is 10.6. The van der Waals surface area contributed by atoms with Gasteiger partial charge in [-0.1, -0.05) is 6.07 Å². The van der Waals surface area contributed by atoms with Gasteiger partial charge in [0.05, 0.1) is 22.0 Å². The van der Waals surface area contributed by atoms with Gasteiger partial charge in [0.15, 0.2) is 0 Å². The zero-order valence-electron chi connectivity index (χ0n) is 14.4. The summed E-state index contributed by atoms with van der Waals surface area (Å²) in [5, 5.41) is 27.2. The Hall–Kier alpha value is -2.31. The molecule has 3 N–H and O–H groups in total. The second-order valence-corrected chi connectivity index (χ2v) is 7.77. The van der Waals surface area contributed by atoms with Crippen molar-refractivity contribution in [3.63, 3.8) is 0 Å². The molecule has 3 aromatic rings. The molecule has 0 bridgehead atoms. The van der Waals surface area contributed by atoms with E-state index in [9.17, 15) is 13.2 Å². The van der Waals surface area contributed by atoms with Crippen LogP contribution in [0, 0.1) is 0 Å². The summed E-state index contributed by atoms with van der Waals surface area (Å²) in [4.78, 5) is 14.8. The molecule has 0 spiro atoms. The van der Waals surface area contributed by atoms with E-state index in [0.717, 1.165) is 47.9 Å². The minimum atomic E-state index is -5.08. The van der Waals surface area contributed by atoms with Gasteiger partial charge in [-0.25, -0.2) is 9.78 Å². The van der Waals surface area contributed by atoms with Crippen molar-refractivity contribution >= 4 is 28.6 Å². The second-order valence-electron chi connectivity index (χ2n) is 5.96. The Morgan fingerprint density at radius 2 is 2.07 bits per heavy atom. The largest absolute Gasteiger partial charge is 0.490 e. The van der Waals surface area contributed by atoms with E-state index in [-0.39, 0.29) is 0 Å². The van der Waals surface area contributed by atoms with E-state index in [1.807, 2.05) is 0 Å². The fourth-order valence-electron chi connectivity index (χ4n) is 2.61. The number of aryl methyl sites for hydroxylation is 1. The highest BCUT2D eigenvalue weighted by Crippen LogP contribution is 2.28. The lowest BCUT2D eigenvalue weighted by molar-refractivity contribution is -0.192. The molecule has 150 valence electrons. The quantitative estimate of drug-likeness (QED) is 0.586. The average Bonchev–Trinajstić information content (AvgIpc) is 3.39. The third-order valence-corrected chi connectivity index (χ3v) is 5.90. The molecule has 0 saturated carbocycles. The molecule has 0 aliphatic heterocycles. The zero-order chi connectivity index (χ0) is 20.1. The van der Waals surface area contributed by atoms with E-state index < -0.39 is 12.1 Å². The van der Waals surface area contributed by atoms with Crippen LogP contribution in [0.25, 0.3) is 9.88 Å². The lowest BCUT2D eigenvalue weighted by Crippen LogP contribution is -2.34. The number of hydrogen-bond acceptors (Lipinski definition) is 7. The molecule has 0 amide bonds. The maximum atomic E-state index is 10.6. The molecule has 1 unspecified atom stereocenters. The first-order valence-electron chi connectivity index (χ1n) is 8.23. The van der Waals surface area contributed by atoms with Gasteiger partial charge < -0.3 is 10.4 Å². The van der Waals surface area contributed by atoms with Crippen molar-refractivity contribution in [3.8, 4) is 9.88 Å². The van der Waals surface area contributed by atoms with Gasteiger partial charge in [0.1, 0.15) is 5.01 Å². The number of nitrogens with one attached hydrogen (secondary N) is 2. The van der Waals surface area contributed by atoms with Crippen LogP contribution >= 0.6 is 22.7 Å². The molecule has 0 saturated heterocycles. The third-order valence-electron chi connectivity index (χ3n) is 3.97. The maximum Gasteiger partial charge on any atom is 0.490 e. The summed E-state index contributed by atoms with van der Waals surface area (Å²) >= 11 is 3.45. The van der Waals surface area contributed by atoms with Crippen LogP contribution in [-0.2, 0) is 24.2 Å². The smallest absolute Gasteiger partial charge is 0.475 e. The first kappa shape index (κ1) is 20.4. The molecule has 0 radical (unpaired) electrons. The molecule has 7 nitrogen and oxygen atoms in total. The molecule has 4 rings (SSSR count). The molecule has 1 aliphatic carbocycles. The predicted molar refractivity (Wildman–Crippen MR) is 98.2 cm³/mol. The third kappa shape index (κ3) is 5.36. The molecule has 3 heterocycles. The molecule has 3 aromatic heterocycles. The van der Waals surface area contributed by atoms with Crippen molar-refractivity contribution < 1.29 is 23.1 Å². The minimum absolute atomic E-state index is 0.467. The lowest BCUT2D eigenvalue weighted by atomic mass is 9.96. The number of halogens is 3. The number of aromatic amines is 1.